The lowest BCUT2D eigenvalue weighted by atomic mass is 10.3. The van der Waals surface area contributed by atoms with Gasteiger partial charge in [-0.2, -0.15) is 0 Å². The summed E-state index contributed by atoms with van der Waals surface area (Å²) in [4.78, 5) is 0. The fraction of sp³-hybridized carbons (Fsp3) is 0.176. The predicted octanol–water partition coefficient (Wildman–Crippen LogP) is 5.11. The number of halogens is 1. The number of thioether (sulfide) groups is 1. The van der Waals surface area contributed by atoms with Crippen LogP contribution >= 0.6 is 34.7 Å². The topological polar surface area (TPSA) is 56.3 Å². The molecule has 0 spiro atoms. The van der Waals surface area contributed by atoms with E-state index < -0.39 is 0 Å². The number of ether oxygens (including phenoxy) is 2. The summed E-state index contributed by atoms with van der Waals surface area (Å²) in [5.74, 6) is 2.36. The van der Waals surface area contributed by atoms with Gasteiger partial charge in [0.1, 0.15) is 11.5 Å². The number of rotatable bonds is 8. The van der Waals surface area contributed by atoms with Crippen LogP contribution in [0.15, 0.2) is 52.9 Å². The molecule has 1 N–H and O–H groups in total. The zero-order valence-electron chi connectivity index (χ0n) is 13.4. The van der Waals surface area contributed by atoms with Crippen LogP contribution in [0.1, 0.15) is 0 Å². The highest BCUT2D eigenvalue weighted by atomic mass is 35.5. The molecular weight excluding hydrogens is 378 g/mol. The summed E-state index contributed by atoms with van der Waals surface area (Å²) in [6, 6.07) is 15.0. The molecule has 0 unspecified atom stereocenters. The van der Waals surface area contributed by atoms with Crippen molar-refractivity contribution in [1.29, 1.82) is 0 Å². The number of para-hydroxylation sites is 2. The molecule has 0 aliphatic rings. The van der Waals surface area contributed by atoms with Crippen molar-refractivity contribution in [3.8, 4) is 11.5 Å². The number of nitrogens with zero attached hydrogens (tertiary/aromatic N) is 2. The number of anilines is 2. The fourth-order valence-corrected chi connectivity index (χ4v) is 3.78. The van der Waals surface area contributed by atoms with Crippen LogP contribution in [-0.2, 0) is 0 Å². The van der Waals surface area contributed by atoms with Gasteiger partial charge in [-0.15, -0.1) is 10.2 Å². The van der Waals surface area contributed by atoms with Crippen molar-refractivity contribution >= 4 is 45.5 Å². The highest BCUT2D eigenvalue weighted by Crippen LogP contribution is 2.31. The first-order valence-electron chi connectivity index (χ1n) is 7.49. The minimum Gasteiger partial charge on any atom is -0.495 e. The first-order valence-corrected chi connectivity index (χ1v) is 9.67. The van der Waals surface area contributed by atoms with Gasteiger partial charge in [-0.1, -0.05) is 46.8 Å². The molecule has 0 aliphatic carbocycles. The second kappa shape index (κ2) is 8.94. The van der Waals surface area contributed by atoms with Gasteiger partial charge in [0, 0.05) is 10.8 Å². The average molecular weight is 394 g/mol. The quantitative estimate of drug-likeness (QED) is 0.423. The van der Waals surface area contributed by atoms with Crippen molar-refractivity contribution in [2.75, 3.05) is 24.8 Å². The summed E-state index contributed by atoms with van der Waals surface area (Å²) in [5, 5.41) is 13.0. The van der Waals surface area contributed by atoms with E-state index in [1.54, 1.807) is 18.9 Å². The molecule has 0 amide bonds. The molecule has 0 radical (unpaired) electrons. The Kier molecular flexibility index (Phi) is 6.38. The van der Waals surface area contributed by atoms with Gasteiger partial charge in [-0.25, -0.2) is 0 Å². The fourth-order valence-electron chi connectivity index (χ4n) is 2.00. The first kappa shape index (κ1) is 17.8. The second-order valence-electron chi connectivity index (χ2n) is 4.85. The molecule has 0 aliphatic heterocycles. The lowest BCUT2D eigenvalue weighted by Gasteiger charge is -2.07. The number of methoxy groups -OCH3 is 1. The molecular formula is C17H16ClN3O2S2. The van der Waals surface area contributed by atoms with Crippen LogP contribution in [0.4, 0.5) is 10.8 Å². The highest BCUT2D eigenvalue weighted by Gasteiger charge is 2.08. The van der Waals surface area contributed by atoms with Crippen LogP contribution in [-0.4, -0.2) is 29.7 Å². The number of nitrogens with one attached hydrogen (secondary N) is 1. The summed E-state index contributed by atoms with van der Waals surface area (Å²) in [5.41, 5.74) is 0.865. The van der Waals surface area contributed by atoms with E-state index >= 15 is 0 Å². The average Bonchev–Trinajstić information content (AvgIpc) is 3.08. The number of aromatic nitrogens is 2. The van der Waals surface area contributed by atoms with Crippen LogP contribution < -0.4 is 14.8 Å². The normalized spacial score (nSPS) is 10.5. The lowest BCUT2D eigenvalue weighted by Crippen LogP contribution is -1.99. The SMILES string of the molecule is COc1ccccc1Nc1nnc(SCCOc2ccc(Cl)cc2)s1. The van der Waals surface area contributed by atoms with Gasteiger partial charge in [-0.3, -0.25) is 0 Å². The van der Waals surface area contributed by atoms with Crippen molar-refractivity contribution in [2.45, 2.75) is 4.34 Å². The maximum Gasteiger partial charge on any atom is 0.210 e. The minimum absolute atomic E-state index is 0.584. The Bertz CT molecular complexity index is 812. The molecule has 0 saturated carbocycles. The first-order chi connectivity index (χ1) is 12.2. The van der Waals surface area contributed by atoms with Crippen LogP contribution in [0.25, 0.3) is 0 Å². The molecule has 1 aromatic heterocycles. The van der Waals surface area contributed by atoms with Crippen molar-refractivity contribution in [1.82, 2.24) is 10.2 Å². The van der Waals surface area contributed by atoms with Gasteiger partial charge in [-0.05, 0) is 36.4 Å². The summed E-state index contributed by atoms with van der Waals surface area (Å²) < 4.78 is 11.9. The molecule has 130 valence electrons. The van der Waals surface area contributed by atoms with E-state index in [1.165, 1.54) is 11.3 Å². The molecule has 3 aromatic rings. The molecule has 0 atom stereocenters. The molecule has 2 aromatic carbocycles. The molecule has 3 rings (SSSR count). The molecule has 25 heavy (non-hydrogen) atoms. The monoisotopic (exact) mass is 393 g/mol. The molecule has 1 heterocycles. The molecule has 8 heteroatoms. The summed E-state index contributed by atoms with van der Waals surface area (Å²) in [6.07, 6.45) is 0. The predicted molar refractivity (Wildman–Crippen MR) is 104 cm³/mol. The van der Waals surface area contributed by atoms with Crippen molar-refractivity contribution in [3.63, 3.8) is 0 Å². The van der Waals surface area contributed by atoms with E-state index in [-0.39, 0.29) is 0 Å². The van der Waals surface area contributed by atoms with Gasteiger partial charge in [0.25, 0.3) is 0 Å². The second-order valence-corrected chi connectivity index (χ2v) is 7.61. The molecule has 5 nitrogen and oxygen atoms in total. The summed E-state index contributed by atoms with van der Waals surface area (Å²) in [6.45, 7) is 0.584. The third kappa shape index (κ3) is 5.26. The van der Waals surface area contributed by atoms with Crippen LogP contribution in [0.2, 0.25) is 5.02 Å². The standard InChI is InChI=1S/C17H16ClN3O2S2/c1-22-15-5-3-2-4-14(15)19-16-20-21-17(25-16)24-11-10-23-13-8-6-12(18)7-9-13/h2-9H,10-11H2,1H3,(H,19,20). The zero-order valence-corrected chi connectivity index (χ0v) is 15.8. The maximum atomic E-state index is 5.85. The Morgan fingerprint density at radius 3 is 2.72 bits per heavy atom. The van der Waals surface area contributed by atoms with E-state index in [0.717, 1.165) is 32.4 Å². The largest absolute Gasteiger partial charge is 0.495 e. The smallest absolute Gasteiger partial charge is 0.210 e. The van der Waals surface area contributed by atoms with Crippen LogP contribution in [0.5, 0.6) is 11.5 Å². The third-order valence-electron chi connectivity index (χ3n) is 3.15. The van der Waals surface area contributed by atoms with Gasteiger partial charge < -0.3 is 14.8 Å². The summed E-state index contributed by atoms with van der Waals surface area (Å²) >= 11 is 8.95. The van der Waals surface area contributed by atoms with E-state index in [9.17, 15) is 0 Å². The maximum absolute atomic E-state index is 5.85. The van der Waals surface area contributed by atoms with E-state index in [0.29, 0.717) is 11.6 Å². The number of benzene rings is 2. The van der Waals surface area contributed by atoms with Crippen molar-refractivity contribution in [3.05, 3.63) is 53.6 Å². The minimum atomic E-state index is 0.584. The summed E-state index contributed by atoms with van der Waals surface area (Å²) in [7, 11) is 1.64. The van der Waals surface area contributed by atoms with Crippen LogP contribution in [0.3, 0.4) is 0 Å². The van der Waals surface area contributed by atoms with E-state index in [4.69, 9.17) is 21.1 Å². The molecule has 0 bridgehead atoms. The Balaban J connectivity index is 1.47. The van der Waals surface area contributed by atoms with E-state index in [1.807, 2.05) is 48.5 Å². The molecule has 0 saturated heterocycles. The lowest BCUT2D eigenvalue weighted by molar-refractivity contribution is 0.344. The van der Waals surface area contributed by atoms with Gasteiger partial charge >= 0.3 is 0 Å². The Morgan fingerprint density at radius 2 is 1.92 bits per heavy atom. The van der Waals surface area contributed by atoms with Gasteiger partial charge in [0.05, 0.1) is 19.4 Å². The number of hydrogen-bond acceptors (Lipinski definition) is 7. The van der Waals surface area contributed by atoms with Gasteiger partial charge in [0.2, 0.25) is 5.13 Å². The third-order valence-corrected chi connectivity index (χ3v) is 5.33. The Morgan fingerprint density at radius 1 is 1.12 bits per heavy atom. The van der Waals surface area contributed by atoms with Crippen LogP contribution in [0, 0.1) is 0 Å². The number of hydrogen-bond donors (Lipinski definition) is 1. The zero-order chi connectivity index (χ0) is 17.5. The Hall–Kier alpha value is -1.96. The van der Waals surface area contributed by atoms with Crippen molar-refractivity contribution in [2.24, 2.45) is 0 Å². The highest BCUT2D eigenvalue weighted by molar-refractivity contribution is 8.01. The molecule has 0 fully saturated rings. The van der Waals surface area contributed by atoms with Gasteiger partial charge in [0.15, 0.2) is 4.34 Å². The van der Waals surface area contributed by atoms with E-state index in [2.05, 4.69) is 15.5 Å². The Labute approximate surface area is 159 Å². The van der Waals surface area contributed by atoms with Crippen molar-refractivity contribution < 1.29 is 9.47 Å².